The zero-order chi connectivity index (χ0) is 20.1. The van der Waals surface area contributed by atoms with Crippen molar-refractivity contribution in [3.63, 3.8) is 0 Å². The van der Waals surface area contributed by atoms with Crippen LogP contribution in [0.5, 0.6) is 0 Å². The number of thiophene rings is 1. The third-order valence-electron chi connectivity index (χ3n) is 5.60. The summed E-state index contributed by atoms with van der Waals surface area (Å²) in [6, 6.07) is 6.11. The van der Waals surface area contributed by atoms with Crippen molar-refractivity contribution in [2.24, 2.45) is 0 Å². The van der Waals surface area contributed by atoms with Gasteiger partial charge < -0.3 is 14.5 Å². The van der Waals surface area contributed by atoms with E-state index < -0.39 is 0 Å². The van der Waals surface area contributed by atoms with Crippen LogP contribution in [-0.4, -0.2) is 36.6 Å². The summed E-state index contributed by atoms with van der Waals surface area (Å²) < 4.78 is 11.2. The van der Waals surface area contributed by atoms with Gasteiger partial charge in [0.1, 0.15) is 16.8 Å². The van der Waals surface area contributed by atoms with Crippen LogP contribution in [0.15, 0.2) is 22.8 Å². The fraction of sp³-hybridized carbons (Fsp3) is 0.545. The summed E-state index contributed by atoms with van der Waals surface area (Å²) in [5, 5.41) is 13.4. The highest BCUT2D eigenvalue weighted by Crippen LogP contribution is 2.37. The Kier molecular flexibility index (Phi) is 6.65. The van der Waals surface area contributed by atoms with E-state index in [9.17, 15) is 10.1 Å². The first-order valence-corrected chi connectivity index (χ1v) is 11.3. The van der Waals surface area contributed by atoms with E-state index in [0.29, 0.717) is 23.7 Å². The summed E-state index contributed by atoms with van der Waals surface area (Å²) in [6.45, 7) is 2.29. The summed E-state index contributed by atoms with van der Waals surface area (Å²) >= 11 is 1.58. The Morgan fingerprint density at radius 3 is 2.97 bits per heavy atom. The Hall–Kier alpha value is -2.14. The van der Waals surface area contributed by atoms with Crippen molar-refractivity contribution in [2.45, 2.75) is 57.6 Å². The van der Waals surface area contributed by atoms with Crippen LogP contribution < -0.4 is 5.32 Å². The van der Waals surface area contributed by atoms with Gasteiger partial charge >= 0.3 is 0 Å². The van der Waals surface area contributed by atoms with E-state index in [-0.39, 0.29) is 18.6 Å². The molecule has 0 saturated carbocycles. The van der Waals surface area contributed by atoms with Crippen molar-refractivity contribution in [1.29, 1.82) is 5.26 Å². The zero-order valence-corrected chi connectivity index (χ0v) is 17.4. The maximum atomic E-state index is 12.8. The molecule has 0 aromatic carbocycles. The number of carbonyl (C=O) groups excluding carboxylic acids is 1. The Morgan fingerprint density at radius 1 is 1.31 bits per heavy atom. The number of anilines is 1. The van der Waals surface area contributed by atoms with Gasteiger partial charge in [0, 0.05) is 18.0 Å². The molecule has 1 fully saturated rings. The van der Waals surface area contributed by atoms with Crippen LogP contribution in [-0.2, 0) is 28.9 Å². The fourth-order valence-corrected chi connectivity index (χ4v) is 5.46. The average Bonchev–Trinajstić information content (AvgIpc) is 3.42. The molecule has 1 amide bonds. The van der Waals surface area contributed by atoms with E-state index in [1.165, 1.54) is 11.3 Å². The van der Waals surface area contributed by atoms with Crippen LogP contribution in [0.25, 0.3) is 0 Å². The summed E-state index contributed by atoms with van der Waals surface area (Å²) in [6.07, 6.45) is 9.32. The highest BCUT2D eigenvalue weighted by atomic mass is 32.1. The van der Waals surface area contributed by atoms with Gasteiger partial charge in [0.15, 0.2) is 0 Å². The number of ether oxygens (including phenoxy) is 1. The summed E-state index contributed by atoms with van der Waals surface area (Å²) in [4.78, 5) is 16.2. The van der Waals surface area contributed by atoms with Gasteiger partial charge in [0.2, 0.25) is 5.91 Å². The number of nitriles is 1. The van der Waals surface area contributed by atoms with E-state index in [4.69, 9.17) is 9.15 Å². The lowest BCUT2D eigenvalue weighted by Gasteiger charge is -2.23. The van der Waals surface area contributed by atoms with Crippen molar-refractivity contribution in [3.05, 3.63) is 40.2 Å². The standard InChI is InChI=1S/C22H27N3O3S/c23-12-19-18-8-2-1-3-9-20(18)29-22(19)24-21(26)15-25(13-16-6-4-10-27-16)14-17-7-5-11-28-17/h4,6,10,17H,1-3,5,7-9,11,13-15H2,(H,24,26). The molecule has 7 heteroatoms. The predicted octanol–water partition coefficient (Wildman–Crippen LogP) is 4.10. The molecule has 4 rings (SSSR count). The maximum absolute atomic E-state index is 12.8. The first-order valence-electron chi connectivity index (χ1n) is 10.4. The van der Waals surface area contributed by atoms with E-state index in [1.807, 2.05) is 12.1 Å². The third kappa shape index (κ3) is 5.08. The molecule has 2 aliphatic rings. The predicted molar refractivity (Wildman–Crippen MR) is 112 cm³/mol. The molecular weight excluding hydrogens is 386 g/mol. The number of carbonyl (C=O) groups is 1. The lowest BCUT2D eigenvalue weighted by molar-refractivity contribution is -0.117. The van der Waals surface area contributed by atoms with Gasteiger partial charge in [-0.05, 0) is 56.2 Å². The van der Waals surface area contributed by atoms with Crippen molar-refractivity contribution in [3.8, 4) is 6.07 Å². The molecule has 2 aromatic rings. The zero-order valence-electron chi connectivity index (χ0n) is 16.6. The Balaban J connectivity index is 1.44. The molecule has 154 valence electrons. The highest BCUT2D eigenvalue weighted by Gasteiger charge is 2.24. The van der Waals surface area contributed by atoms with E-state index in [1.54, 1.807) is 17.6 Å². The van der Waals surface area contributed by atoms with Gasteiger partial charge in [-0.25, -0.2) is 0 Å². The molecule has 1 aliphatic carbocycles. The van der Waals surface area contributed by atoms with Crippen molar-refractivity contribution in [2.75, 3.05) is 25.0 Å². The molecule has 1 atom stereocenters. The number of aryl methyl sites for hydroxylation is 1. The summed E-state index contributed by atoms with van der Waals surface area (Å²) in [7, 11) is 0. The van der Waals surface area contributed by atoms with E-state index >= 15 is 0 Å². The van der Waals surface area contributed by atoms with Crippen LogP contribution in [0.2, 0.25) is 0 Å². The summed E-state index contributed by atoms with van der Waals surface area (Å²) in [5.74, 6) is 0.735. The number of nitrogens with one attached hydrogen (secondary N) is 1. The van der Waals surface area contributed by atoms with Crippen LogP contribution in [0.1, 0.15) is 53.9 Å². The van der Waals surface area contributed by atoms with Gasteiger partial charge in [-0.2, -0.15) is 5.26 Å². The second kappa shape index (κ2) is 9.57. The fourth-order valence-electron chi connectivity index (χ4n) is 4.20. The molecule has 0 spiro atoms. The SMILES string of the molecule is N#Cc1c(NC(=O)CN(Cc2ccco2)CC2CCCO2)sc2c1CCCCC2. The monoisotopic (exact) mass is 413 g/mol. The van der Waals surface area contributed by atoms with Gasteiger partial charge in [0.25, 0.3) is 0 Å². The van der Waals surface area contributed by atoms with Crippen LogP contribution in [0.3, 0.4) is 0 Å². The Bertz CT molecular complexity index is 863. The Morgan fingerprint density at radius 2 is 2.21 bits per heavy atom. The van der Waals surface area contributed by atoms with Gasteiger partial charge in [0.05, 0.1) is 31.0 Å². The van der Waals surface area contributed by atoms with Crippen molar-refractivity contribution < 1.29 is 13.9 Å². The molecule has 1 unspecified atom stereocenters. The first-order chi connectivity index (χ1) is 14.2. The number of hydrogen-bond acceptors (Lipinski definition) is 6. The quantitative estimate of drug-likeness (QED) is 0.692. The normalized spacial score (nSPS) is 19.0. The molecule has 1 saturated heterocycles. The average molecular weight is 414 g/mol. The van der Waals surface area contributed by atoms with Crippen molar-refractivity contribution in [1.82, 2.24) is 4.90 Å². The van der Waals surface area contributed by atoms with Gasteiger partial charge in [-0.1, -0.05) is 6.42 Å². The molecule has 0 bridgehead atoms. The molecule has 0 radical (unpaired) electrons. The molecule has 3 heterocycles. The minimum atomic E-state index is -0.0949. The smallest absolute Gasteiger partial charge is 0.239 e. The topological polar surface area (TPSA) is 78.5 Å². The maximum Gasteiger partial charge on any atom is 0.239 e. The molecular formula is C22H27N3O3S. The second-order valence-corrected chi connectivity index (χ2v) is 8.92. The lowest BCUT2D eigenvalue weighted by atomic mass is 10.1. The largest absolute Gasteiger partial charge is 0.468 e. The number of rotatable bonds is 7. The van der Waals surface area contributed by atoms with E-state index in [0.717, 1.165) is 56.5 Å². The van der Waals surface area contributed by atoms with Crippen LogP contribution in [0, 0.1) is 11.3 Å². The number of hydrogen-bond donors (Lipinski definition) is 1. The third-order valence-corrected chi connectivity index (χ3v) is 6.81. The Labute approximate surface area is 175 Å². The summed E-state index contributed by atoms with van der Waals surface area (Å²) in [5.41, 5.74) is 1.81. The number of furan rings is 1. The number of fused-ring (bicyclic) bond motifs is 1. The first kappa shape index (κ1) is 20.1. The molecule has 1 aliphatic heterocycles. The molecule has 1 N–H and O–H groups in total. The van der Waals surface area contributed by atoms with Crippen molar-refractivity contribution >= 4 is 22.2 Å². The minimum Gasteiger partial charge on any atom is -0.468 e. The van der Waals surface area contributed by atoms with Gasteiger partial charge in [-0.15, -0.1) is 11.3 Å². The van der Waals surface area contributed by atoms with Crippen LogP contribution in [0.4, 0.5) is 5.00 Å². The second-order valence-electron chi connectivity index (χ2n) is 7.81. The van der Waals surface area contributed by atoms with E-state index in [2.05, 4.69) is 16.3 Å². The number of amides is 1. The van der Waals surface area contributed by atoms with Gasteiger partial charge in [-0.3, -0.25) is 9.69 Å². The molecule has 2 aromatic heterocycles. The highest BCUT2D eigenvalue weighted by molar-refractivity contribution is 7.16. The number of nitrogens with zero attached hydrogens (tertiary/aromatic N) is 2. The molecule has 29 heavy (non-hydrogen) atoms. The lowest BCUT2D eigenvalue weighted by Crippen LogP contribution is -2.37. The molecule has 6 nitrogen and oxygen atoms in total. The van der Waals surface area contributed by atoms with Crippen LogP contribution >= 0.6 is 11.3 Å². The minimum absolute atomic E-state index is 0.0949.